The third-order valence-corrected chi connectivity index (χ3v) is 3.09. The Balaban J connectivity index is 2.55. The molecule has 2 aromatic heterocycles. The smallest absolute Gasteiger partial charge is 0.271 e. The Morgan fingerprint density at radius 3 is 2.57 bits per heavy atom. The number of carbonyl (C=O) groups excluding carboxylic acids is 1. The van der Waals surface area contributed by atoms with Gasteiger partial charge in [0.25, 0.3) is 5.91 Å². The standard InChI is InChI=1S/C14H20N6O/c1-8-10(15)17-13(14(2,3)4)18-11(8)20-7-6-9(19-20)12(21)16-5/h6-7H,1-5H3,(H,16,21)(H2,15,17,18). The number of aromatic nitrogens is 4. The Kier molecular flexibility index (Phi) is 3.67. The van der Waals surface area contributed by atoms with Crippen molar-refractivity contribution in [1.29, 1.82) is 0 Å². The second-order valence-corrected chi connectivity index (χ2v) is 5.86. The summed E-state index contributed by atoms with van der Waals surface area (Å²) in [5.41, 5.74) is 6.80. The number of hydrogen-bond donors (Lipinski definition) is 2. The lowest BCUT2D eigenvalue weighted by molar-refractivity contribution is 0.0957. The Hall–Kier alpha value is -2.44. The van der Waals surface area contributed by atoms with Crippen molar-refractivity contribution in [2.75, 3.05) is 12.8 Å². The molecule has 7 heteroatoms. The molecular weight excluding hydrogens is 268 g/mol. The first-order valence-electron chi connectivity index (χ1n) is 6.66. The van der Waals surface area contributed by atoms with Crippen molar-refractivity contribution in [2.45, 2.75) is 33.1 Å². The van der Waals surface area contributed by atoms with E-state index in [-0.39, 0.29) is 11.3 Å². The van der Waals surface area contributed by atoms with E-state index in [1.54, 1.807) is 24.0 Å². The van der Waals surface area contributed by atoms with Crippen LogP contribution in [0.15, 0.2) is 12.3 Å². The molecule has 2 aromatic rings. The molecule has 0 spiro atoms. The molecule has 0 saturated heterocycles. The molecule has 0 bridgehead atoms. The normalized spacial score (nSPS) is 11.5. The maximum Gasteiger partial charge on any atom is 0.271 e. The number of hydrogen-bond acceptors (Lipinski definition) is 5. The van der Waals surface area contributed by atoms with Gasteiger partial charge in [-0.3, -0.25) is 4.79 Å². The fourth-order valence-electron chi connectivity index (χ4n) is 1.77. The Morgan fingerprint density at radius 1 is 1.33 bits per heavy atom. The summed E-state index contributed by atoms with van der Waals surface area (Å²) in [7, 11) is 1.56. The highest BCUT2D eigenvalue weighted by Crippen LogP contribution is 2.23. The number of carbonyl (C=O) groups is 1. The molecule has 0 aliphatic carbocycles. The van der Waals surface area contributed by atoms with Crippen LogP contribution >= 0.6 is 0 Å². The van der Waals surface area contributed by atoms with Gasteiger partial charge in [-0.25, -0.2) is 14.6 Å². The van der Waals surface area contributed by atoms with Crippen LogP contribution in [0.3, 0.4) is 0 Å². The lowest BCUT2D eigenvalue weighted by atomic mass is 9.95. The van der Waals surface area contributed by atoms with Crippen LogP contribution in [-0.2, 0) is 5.41 Å². The molecule has 2 heterocycles. The van der Waals surface area contributed by atoms with Gasteiger partial charge >= 0.3 is 0 Å². The van der Waals surface area contributed by atoms with E-state index in [0.717, 1.165) is 5.56 Å². The first kappa shape index (κ1) is 15.0. The van der Waals surface area contributed by atoms with Crippen molar-refractivity contribution < 1.29 is 4.79 Å². The average molecular weight is 288 g/mol. The van der Waals surface area contributed by atoms with E-state index < -0.39 is 0 Å². The maximum absolute atomic E-state index is 11.6. The zero-order valence-electron chi connectivity index (χ0n) is 12.9. The Labute approximate surface area is 123 Å². The summed E-state index contributed by atoms with van der Waals surface area (Å²) in [6, 6.07) is 1.63. The van der Waals surface area contributed by atoms with Crippen molar-refractivity contribution in [3.8, 4) is 5.82 Å². The summed E-state index contributed by atoms with van der Waals surface area (Å²) >= 11 is 0. The van der Waals surface area contributed by atoms with E-state index in [1.165, 1.54) is 0 Å². The van der Waals surface area contributed by atoms with Crippen LogP contribution in [0, 0.1) is 6.92 Å². The number of nitrogens with zero attached hydrogens (tertiary/aromatic N) is 4. The SMILES string of the molecule is CNC(=O)c1ccn(-c2nc(C(C)(C)C)nc(N)c2C)n1. The first-order chi connectivity index (χ1) is 9.74. The van der Waals surface area contributed by atoms with Crippen LogP contribution in [0.5, 0.6) is 0 Å². The Morgan fingerprint density at radius 2 is 2.00 bits per heavy atom. The van der Waals surface area contributed by atoms with Crippen molar-refractivity contribution in [3.05, 3.63) is 29.3 Å². The van der Waals surface area contributed by atoms with E-state index in [0.29, 0.717) is 23.2 Å². The fraction of sp³-hybridized carbons (Fsp3) is 0.429. The van der Waals surface area contributed by atoms with Gasteiger partial charge in [-0.05, 0) is 13.0 Å². The molecular formula is C14H20N6O. The van der Waals surface area contributed by atoms with Gasteiger partial charge in [-0.1, -0.05) is 20.8 Å². The zero-order chi connectivity index (χ0) is 15.8. The van der Waals surface area contributed by atoms with Crippen LogP contribution in [0.1, 0.15) is 42.6 Å². The Bertz CT molecular complexity index is 683. The van der Waals surface area contributed by atoms with Gasteiger partial charge in [0.05, 0.1) is 0 Å². The summed E-state index contributed by atoms with van der Waals surface area (Å²) in [6.07, 6.45) is 1.69. The maximum atomic E-state index is 11.6. The molecule has 2 rings (SSSR count). The third kappa shape index (κ3) is 2.86. The molecule has 3 N–H and O–H groups in total. The quantitative estimate of drug-likeness (QED) is 0.865. The second-order valence-electron chi connectivity index (χ2n) is 5.86. The van der Waals surface area contributed by atoms with E-state index in [4.69, 9.17) is 5.73 Å². The predicted octanol–water partition coefficient (Wildman–Crippen LogP) is 1.21. The summed E-state index contributed by atoms with van der Waals surface area (Å²) in [4.78, 5) is 20.5. The lowest BCUT2D eigenvalue weighted by Gasteiger charge is -2.19. The highest BCUT2D eigenvalue weighted by atomic mass is 16.1. The number of anilines is 1. The third-order valence-electron chi connectivity index (χ3n) is 3.09. The molecule has 0 unspecified atom stereocenters. The largest absolute Gasteiger partial charge is 0.383 e. The molecule has 0 aromatic carbocycles. The summed E-state index contributed by atoms with van der Waals surface area (Å²) < 4.78 is 1.55. The van der Waals surface area contributed by atoms with Gasteiger partial charge in [-0.2, -0.15) is 5.10 Å². The summed E-state index contributed by atoms with van der Waals surface area (Å²) in [5, 5.41) is 6.77. The number of nitrogen functional groups attached to an aromatic ring is 1. The minimum atomic E-state index is -0.246. The minimum Gasteiger partial charge on any atom is -0.383 e. The first-order valence-corrected chi connectivity index (χ1v) is 6.66. The second kappa shape index (κ2) is 5.16. The van der Waals surface area contributed by atoms with Crippen LogP contribution < -0.4 is 11.1 Å². The van der Waals surface area contributed by atoms with Gasteiger partial charge in [-0.15, -0.1) is 0 Å². The van der Waals surface area contributed by atoms with Gasteiger partial charge in [0.1, 0.15) is 11.6 Å². The van der Waals surface area contributed by atoms with E-state index in [9.17, 15) is 4.79 Å². The van der Waals surface area contributed by atoms with Crippen LogP contribution in [-0.4, -0.2) is 32.7 Å². The molecule has 0 radical (unpaired) electrons. The number of rotatable bonds is 2. The monoisotopic (exact) mass is 288 g/mol. The molecule has 0 atom stereocenters. The average Bonchev–Trinajstić information content (AvgIpc) is 2.89. The molecule has 112 valence electrons. The highest BCUT2D eigenvalue weighted by molar-refractivity contribution is 5.91. The molecule has 21 heavy (non-hydrogen) atoms. The van der Waals surface area contributed by atoms with Crippen molar-refractivity contribution in [3.63, 3.8) is 0 Å². The predicted molar refractivity (Wildman–Crippen MR) is 80.4 cm³/mol. The zero-order valence-corrected chi connectivity index (χ0v) is 12.9. The summed E-state index contributed by atoms with van der Waals surface area (Å²) in [6.45, 7) is 7.87. The molecule has 0 aliphatic heterocycles. The van der Waals surface area contributed by atoms with Crippen LogP contribution in [0.25, 0.3) is 5.82 Å². The van der Waals surface area contributed by atoms with Crippen LogP contribution in [0.2, 0.25) is 0 Å². The van der Waals surface area contributed by atoms with E-state index >= 15 is 0 Å². The molecule has 1 amide bonds. The van der Waals surface area contributed by atoms with E-state index in [2.05, 4.69) is 20.4 Å². The number of nitrogens with one attached hydrogen (secondary N) is 1. The van der Waals surface area contributed by atoms with Gasteiger partial charge in [0, 0.05) is 24.2 Å². The minimum absolute atomic E-state index is 0.229. The van der Waals surface area contributed by atoms with Gasteiger partial charge in [0.2, 0.25) is 0 Å². The van der Waals surface area contributed by atoms with Crippen LogP contribution in [0.4, 0.5) is 5.82 Å². The molecule has 7 nitrogen and oxygen atoms in total. The van der Waals surface area contributed by atoms with Gasteiger partial charge < -0.3 is 11.1 Å². The van der Waals surface area contributed by atoms with Crippen molar-refractivity contribution in [2.24, 2.45) is 0 Å². The lowest BCUT2D eigenvalue weighted by Crippen LogP contribution is -2.21. The number of nitrogens with two attached hydrogens (primary N) is 1. The topological polar surface area (TPSA) is 98.7 Å². The molecule has 0 fully saturated rings. The van der Waals surface area contributed by atoms with Crippen molar-refractivity contribution in [1.82, 2.24) is 25.1 Å². The van der Waals surface area contributed by atoms with Crippen molar-refractivity contribution >= 4 is 11.7 Å². The molecule has 0 aliphatic rings. The van der Waals surface area contributed by atoms with Gasteiger partial charge in [0.15, 0.2) is 11.5 Å². The van der Waals surface area contributed by atoms with E-state index in [1.807, 2.05) is 27.7 Å². The molecule has 0 saturated carbocycles. The summed E-state index contributed by atoms with van der Waals surface area (Å²) in [5.74, 6) is 1.39. The number of amides is 1. The fourth-order valence-corrected chi connectivity index (χ4v) is 1.77. The highest BCUT2D eigenvalue weighted by Gasteiger charge is 2.21.